The van der Waals surface area contributed by atoms with Crippen molar-refractivity contribution < 1.29 is 22.3 Å². The number of ketones is 1. The summed E-state index contributed by atoms with van der Waals surface area (Å²) in [5.74, 6) is -0.370. The minimum absolute atomic E-state index is 0.0535. The number of halogens is 1. The van der Waals surface area contributed by atoms with Crippen LogP contribution in [0.15, 0.2) is 24.3 Å². The van der Waals surface area contributed by atoms with Crippen molar-refractivity contribution in [3.8, 4) is 0 Å². The van der Waals surface area contributed by atoms with Crippen molar-refractivity contribution in [1.29, 1.82) is 0 Å². The number of carbonyl (C=O) groups is 1. The van der Waals surface area contributed by atoms with E-state index in [0.717, 1.165) is 6.42 Å². The molecule has 0 aromatic heterocycles. The minimum atomic E-state index is -3.75. The van der Waals surface area contributed by atoms with Gasteiger partial charge in [0.05, 0.1) is 5.75 Å². The van der Waals surface area contributed by atoms with Crippen LogP contribution in [-0.2, 0) is 25.2 Å². The van der Waals surface area contributed by atoms with Crippen LogP contribution in [0, 0.1) is 22.6 Å². The molecule has 2 saturated carbocycles. The highest BCUT2D eigenvalue weighted by molar-refractivity contribution is 7.89. The molecule has 0 heterocycles. The number of methoxy groups -OCH3 is 1. The Morgan fingerprint density at radius 1 is 1.33 bits per heavy atom. The second-order valence-corrected chi connectivity index (χ2v) is 10.5. The van der Waals surface area contributed by atoms with Crippen LogP contribution >= 0.6 is 0 Å². The molecule has 0 saturated heterocycles. The zero-order valence-electron chi connectivity index (χ0n) is 16.3. The third-order valence-corrected chi connectivity index (χ3v) is 8.56. The van der Waals surface area contributed by atoms with E-state index in [0.29, 0.717) is 12.8 Å². The molecule has 3 atom stereocenters. The first-order chi connectivity index (χ1) is 12.5. The van der Waals surface area contributed by atoms with Crippen LogP contribution in [0.3, 0.4) is 0 Å². The molecule has 2 aliphatic rings. The topological polar surface area (TPSA) is 72.5 Å². The van der Waals surface area contributed by atoms with E-state index in [1.165, 1.54) is 13.2 Å². The molecule has 3 rings (SSSR count). The molecule has 1 aromatic rings. The van der Waals surface area contributed by atoms with Gasteiger partial charge >= 0.3 is 0 Å². The summed E-state index contributed by atoms with van der Waals surface area (Å²) in [5, 5.41) is 0. The van der Waals surface area contributed by atoms with E-state index in [4.69, 9.17) is 4.74 Å². The molecule has 5 nitrogen and oxygen atoms in total. The molecule has 0 radical (unpaired) electrons. The van der Waals surface area contributed by atoms with E-state index >= 15 is 0 Å². The van der Waals surface area contributed by atoms with Gasteiger partial charge in [0.2, 0.25) is 10.0 Å². The average molecular weight is 398 g/mol. The summed E-state index contributed by atoms with van der Waals surface area (Å²) in [6.45, 7) is 5.54. The van der Waals surface area contributed by atoms with Gasteiger partial charge in [0.15, 0.2) is 0 Å². The first-order valence-corrected chi connectivity index (χ1v) is 10.9. The maximum absolute atomic E-state index is 14.2. The summed E-state index contributed by atoms with van der Waals surface area (Å²) in [7, 11) is -2.33. The second kappa shape index (κ2) is 6.64. The van der Waals surface area contributed by atoms with Crippen LogP contribution < -0.4 is 4.72 Å². The van der Waals surface area contributed by atoms with Crippen molar-refractivity contribution in [3.63, 3.8) is 0 Å². The van der Waals surface area contributed by atoms with Crippen molar-refractivity contribution in [2.24, 2.45) is 16.7 Å². The molecule has 150 valence electrons. The highest BCUT2D eigenvalue weighted by Gasteiger charge is 2.65. The van der Waals surface area contributed by atoms with Gasteiger partial charge in [-0.1, -0.05) is 32.0 Å². The van der Waals surface area contributed by atoms with E-state index in [1.807, 2.05) is 13.8 Å². The summed E-state index contributed by atoms with van der Waals surface area (Å²) in [4.78, 5) is 12.6. The summed E-state index contributed by atoms with van der Waals surface area (Å²) in [5.41, 5.74) is -2.02. The van der Waals surface area contributed by atoms with Gasteiger partial charge in [-0.2, -0.15) is 0 Å². The molecule has 7 heteroatoms. The maximum atomic E-state index is 14.2. The standard InChI is InChI=1S/C20H28FNO4S/c1-18(2)14-9-10-20(18,17(23)11-14)13-27(24,25)22-12-19(3,26-4)15-7-5-6-8-16(15)21/h5-8,14,22H,9-13H2,1-4H3/t14-,19+,20-/m0/s1. The average Bonchev–Trinajstić information content (AvgIpc) is 2.94. The van der Waals surface area contributed by atoms with Gasteiger partial charge < -0.3 is 4.74 Å². The number of sulfonamides is 1. The smallest absolute Gasteiger partial charge is 0.212 e. The fraction of sp³-hybridized carbons (Fsp3) is 0.650. The summed E-state index contributed by atoms with van der Waals surface area (Å²) < 4.78 is 48.0. The summed E-state index contributed by atoms with van der Waals surface area (Å²) in [6.07, 6.45) is 1.96. The lowest BCUT2D eigenvalue weighted by Crippen LogP contribution is -2.48. The van der Waals surface area contributed by atoms with Gasteiger partial charge in [-0.3, -0.25) is 4.79 Å². The van der Waals surface area contributed by atoms with Crippen LogP contribution in [0.5, 0.6) is 0 Å². The van der Waals surface area contributed by atoms with Crippen molar-refractivity contribution in [2.75, 3.05) is 19.4 Å². The highest BCUT2D eigenvalue weighted by atomic mass is 32.2. The Hall–Kier alpha value is -1.31. The molecular formula is C20H28FNO4S. The molecule has 0 spiro atoms. The Bertz CT molecular complexity index is 853. The number of carbonyl (C=O) groups excluding carboxylic acids is 1. The minimum Gasteiger partial charge on any atom is -0.372 e. The van der Waals surface area contributed by atoms with Gasteiger partial charge in [0.1, 0.15) is 17.2 Å². The number of ether oxygens (including phenoxy) is 1. The zero-order valence-corrected chi connectivity index (χ0v) is 17.2. The number of benzene rings is 1. The highest BCUT2D eigenvalue weighted by Crippen LogP contribution is 2.64. The first kappa shape index (κ1) is 20.4. The lowest BCUT2D eigenvalue weighted by Gasteiger charge is -2.36. The van der Waals surface area contributed by atoms with Gasteiger partial charge in [0.25, 0.3) is 0 Å². The Morgan fingerprint density at radius 2 is 2.00 bits per heavy atom. The monoisotopic (exact) mass is 397 g/mol. The largest absolute Gasteiger partial charge is 0.372 e. The molecular weight excluding hydrogens is 369 g/mol. The third-order valence-electron chi connectivity index (χ3n) is 7.10. The Morgan fingerprint density at radius 3 is 2.52 bits per heavy atom. The SMILES string of the molecule is CO[C@](C)(CNS(=O)(=O)C[C@@]12CC[C@@H](CC1=O)C2(C)C)c1ccccc1F. The van der Waals surface area contributed by atoms with Gasteiger partial charge in [-0.15, -0.1) is 0 Å². The molecule has 0 aliphatic heterocycles. The second-order valence-electron chi connectivity index (χ2n) is 8.66. The fourth-order valence-corrected chi connectivity index (χ4v) is 6.82. The van der Waals surface area contributed by atoms with Crippen molar-refractivity contribution in [1.82, 2.24) is 4.72 Å². The fourth-order valence-electron chi connectivity index (χ4n) is 4.90. The molecule has 1 aromatic carbocycles. The van der Waals surface area contributed by atoms with Gasteiger partial charge in [-0.05, 0) is 37.2 Å². The van der Waals surface area contributed by atoms with E-state index in [1.54, 1.807) is 25.1 Å². The Kier molecular flexibility index (Phi) is 5.02. The number of nitrogens with one attached hydrogen (secondary N) is 1. The van der Waals surface area contributed by atoms with Crippen LogP contribution in [0.4, 0.5) is 4.39 Å². The normalized spacial score (nSPS) is 29.1. The molecule has 2 fully saturated rings. The number of fused-ring (bicyclic) bond motifs is 2. The molecule has 27 heavy (non-hydrogen) atoms. The van der Waals surface area contributed by atoms with Crippen LogP contribution in [0.2, 0.25) is 0 Å². The van der Waals surface area contributed by atoms with Crippen LogP contribution in [0.25, 0.3) is 0 Å². The number of Topliss-reactive ketones (excluding diaryl/α,β-unsaturated/α-hetero) is 1. The molecule has 0 amide bonds. The number of hydrogen-bond acceptors (Lipinski definition) is 4. The Labute approximate surface area is 160 Å². The van der Waals surface area contributed by atoms with Crippen molar-refractivity contribution >= 4 is 15.8 Å². The van der Waals surface area contributed by atoms with Crippen LogP contribution in [-0.4, -0.2) is 33.6 Å². The Balaban J connectivity index is 1.79. The van der Waals surface area contributed by atoms with E-state index in [2.05, 4.69) is 4.72 Å². The van der Waals surface area contributed by atoms with Gasteiger partial charge in [0, 0.05) is 31.1 Å². The number of hydrogen-bond donors (Lipinski definition) is 1. The van der Waals surface area contributed by atoms with Crippen molar-refractivity contribution in [2.45, 2.75) is 45.6 Å². The number of rotatable bonds is 7. The lowest BCUT2D eigenvalue weighted by atomic mass is 9.70. The maximum Gasteiger partial charge on any atom is 0.212 e. The van der Waals surface area contributed by atoms with E-state index in [-0.39, 0.29) is 35.0 Å². The molecule has 0 unspecified atom stereocenters. The molecule has 1 N–H and O–H groups in total. The lowest BCUT2D eigenvalue weighted by molar-refractivity contribution is -0.128. The first-order valence-electron chi connectivity index (χ1n) is 9.28. The predicted molar refractivity (Wildman–Crippen MR) is 101 cm³/mol. The van der Waals surface area contributed by atoms with E-state index < -0.39 is 26.9 Å². The van der Waals surface area contributed by atoms with Crippen molar-refractivity contribution in [3.05, 3.63) is 35.6 Å². The van der Waals surface area contributed by atoms with Gasteiger partial charge in [-0.25, -0.2) is 17.5 Å². The van der Waals surface area contributed by atoms with E-state index in [9.17, 15) is 17.6 Å². The van der Waals surface area contributed by atoms with Crippen LogP contribution in [0.1, 0.15) is 45.6 Å². The molecule has 2 aliphatic carbocycles. The summed E-state index contributed by atoms with van der Waals surface area (Å²) in [6, 6.07) is 6.15. The third kappa shape index (κ3) is 3.23. The predicted octanol–water partition coefficient (Wildman–Crippen LogP) is 3.00. The molecule has 2 bridgehead atoms. The summed E-state index contributed by atoms with van der Waals surface area (Å²) >= 11 is 0. The zero-order chi connectivity index (χ0) is 20.1. The quantitative estimate of drug-likeness (QED) is 0.768.